The van der Waals surface area contributed by atoms with Crippen LogP contribution in [0.25, 0.3) is 0 Å². The number of aliphatic carboxylic acids is 1. The van der Waals surface area contributed by atoms with Crippen LogP contribution in [0.15, 0.2) is 0 Å². The predicted octanol–water partition coefficient (Wildman–Crippen LogP) is 0.901. The molecule has 1 rings (SSSR count). The highest BCUT2D eigenvalue weighted by atomic mass is 16.4. The Morgan fingerprint density at radius 2 is 2.33 bits per heavy atom. The molecule has 0 aromatic carbocycles. The van der Waals surface area contributed by atoms with Crippen molar-refractivity contribution in [2.75, 3.05) is 13.1 Å². The Kier molecular flexibility index (Phi) is 3.94. The van der Waals surface area contributed by atoms with Crippen LogP contribution in [-0.4, -0.2) is 41.1 Å². The number of amides is 2. The summed E-state index contributed by atoms with van der Waals surface area (Å²) in [5, 5.41) is 11.3. The lowest BCUT2D eigenvalue weighted by Crippen LogP contribution is -2.30. The van der Waals surface area contributed by atoms with Gasteiger partial charge in [0.25, 0.3) is 0 Å². The highest BCUT2D eigenvalue weighted by Gasteiger charge is 2.29. The lowest BCUT2D eigenvalue weighted by molar-refractivity contribution is -0.137. The van der Waals surface area contributed by atoms with Crippen molar-refractivity contribution in [1.29, 1.82) is 0 Å². The van der Waals surface area contributed by atoms with E-state index < -0.39 is 5.97 Å². The number of nitrogens with zero attached hydrogens (tertiary/aromatic N) is 1. The highest BCUT2D eigenvalue weighted by Crippen LogP contribution is 2.10. The van der Waals surface area contributed by atoms with Gasteiger partial charge < -0.3 is 15.3 Å². The van der Waals surface area contributed by atoms with Gasteiger partial charge in [-0.25, -0.2) is 4.79 Å². The van der Waals surface area contributed by atoms with E-state index in [-0.39, 0.29) is 18.5 Å². The molecule has 0 aromatic heterocycles. The van der Waals surface area contributed by atoms with Gasteiger partial charge in [0.05, 0.1) is 12.5 Å². The van der Waals surface area contributed by atoms with Crippen molar-refractivity contribution in [3.05, 3.63) is 0 Å². The average molecular weight is 214 g/mol. The van der Waals surface area contributed by atoms with E-state index in [4.69, 9.17) is 5.11 Å². The Bertz CT molecular complexity index is 253. The molecule has 2 amide bonds. The average Bonchev–Trinajstić information content (AvgIpc) is 2.41. The topological polar surface area (TPSA) is 69.6 Å². The summed E-state index contributed by atoms with van der Waals surface area (Å²) >= 11 is 0. The van der Waals surface area contributed by atoms with Crippen molar-refractivity contribution in [2.45, 2.75) is 32.7 Å². The summed E-state index contributed by atoms with van der Waals surface area (Å²) in [6, 6.07) is -0.371. The normalized spacial score (nSPS) is 20.9. The molecule has 5 nitrogen and oxygen atoms in total. The fraction of sp³-hybridized carbons (Fsp3) is 0.800. The number of carbonyl (C=O) groups excluding carboxylic acids is 1. The van der Waals surface area contributed by atoms with E-state index in [1.165, 1.54) is 0 Å². The molecular formula is C10H18N2O3. The zero-order chi connectivity index (χ0) is 11.4. The minimum Gasteiger partial charge on any atom is -0.481 e. The zero-order valence-corrected chi connectivity index (χ0v) is 9.19. The molecule has 0 aliphatic carbocycles. The molecule has 0 aromatic rings. The first-order valence-corrected chi connectivity index (χ1v) is 5.26. The number of urea groups is 1. The van der Waals surface area contributed by atoms with E-state index in [1.54, 1.807) is 4.90 Å². The number of nitrogens with one attached hydrogen (secondary N) is 1. The van der Waals surface area contributed by atoms with Crippen molar-refractivity contribution in [2.24, 2.45) is 5.92 Å². The molecule has 5 heteroatoms. The Balaban J connectivity index is 2.35. The molecule has 86 valence electrons. The molecule has 0 radical (unpaired) electrons. The Hall–Kier alpha value is -1.26. The lowest BCUT2D eigenvalue weighted by Gasteiger charge is -2.15. The first-order valence-electron chi connectivity index (χ1n) is 5.26. The van der Waals surface area contributed by atoms with Crippen molar-refractivity contribution in [3.63, 3.8) is 0 Å². The molecule has 1 saturated heterocycles. The zero-order valence-electron chi connectivity index (χ0n) is 9.19. The van der Waals surface area contributed by atoms with E-state index in [2.05, 4.69) is 19.2 Å². The molecule has 1 aliphatic rings. The summed E-state index contributed by atoms with van der Waals surface area (Å²) < 4.78 is 0. The minimum atomic E-state index is -0.869. The Morgan fingerprint density at radius 3 is 2.87 bits per heavy atom. The van der Waals surface area contributed by atoms with E-state index in [0.717, 1.165) is 6.42 Å². The largest absolute Gasteiger partial charge is 0.481 e. The molecule has 1 unspecified atom stereocenters. The molecule has 1 fully saturated rings. The first kappa shape index (κ1) is 11.8. The van der Waals surface area contributed by atoms with E-state index in [1.807, 2.05) is 0 Å². The maximum atomic E-state index is 11.4. The van der Waals surface area contributed by atoms with Gasteiger partial charge >= 0.3 is 12.0 Å². The number of carbonyl (C=O) groups is 2. The number of hydrogen-bond donors (Lipinski definition) is 2. The standard InChI is InChI=1S/C10H18N2O3/c1-7(2)3-4-12-6-8(5-9(13)14)11-10(12)15/h7-8H,3-6H2,1-2H3,(H,11,15)(H,13,14). The minimum absolute atomic E-state index is 0.00389. The van der Waals surface area contributed by atoms with Crippen molar-refractivity contribution >= 4 is 12.0 Å². The third-order valence-electron chi connectivity index (χ3n) is 2.45. The molecule has 1 heterocycles. The maximum Gasteiger partial charge on any atom is 0.317 e. The van der Waals surface area contributed by atoms with E-state index in [9.17, 15) is 9.59 Å². The monoisotopic (exact) mass is 214 g/mol. The highest BCUT2D eigenvalue weighted by molar-refractivity contribution is 5.78. The van der Waals surface area contributed by atoms with Crippen LogP contribution in [0.2, 0.25) is 0 Å². The van der Waals surface area contributed by atoms with Crippen molar-refractivity contribution in [1.82, 2.24) is 10.2 Å². The van der Waals surface area contributed by atoms with Gasteiger partial charge in [-0.1, -0.05) is 13.8 Å². The molecule has 15 heavy (non-hydrogen) atoms. The van der Waals surface area contributed by atoms with Crippen molar-refractivity contribution < 1.29 is 14.7 Å². The maximum absolute atomic E-state index is 11.4. The lowest BCUT2D eigenvalue weighted by atomic mass is 10.1. The van der Waals surface area contributed by atoms with Gasteiger partial charge in [0, 0.05) is 13.1 Å². The second-order valence-electron chi connectivity index (χ2n) is 4.37. The summed E-state index contributed by atoms with van der Waals surface area (Å²) in [6.07, 6.45) is 0.955. The fourth-order valence-electron chi connectivity index (χ4n) is 1.59. The van der Waals surface area contributed by atoms with E-state index >= 15 is 0 Å². The molecular weight excluding hydrogens is 196 g/mol. The van der Waals surface area contributed by atoms with Crippen molar-refractivity contribution in [3.8, 4) is 0 Å². The Labute approximate surface area is 89.4 Å². The summed E-state index contributed by atoms with van der Waals surface area (Å²) in [6.45, 7) is 5.42. The van der Waals surface area contributed by atoms with Crippen LogP contribution in [-0.2, 0) is 4.79 Å². The quantitative estimate of drug-likeness (QED) is 0.714. The van der Waals surface area contributed by atoms with Crippen LogP contribution in [0.5, 0.6) is 0 Å². The number of carboxylic acids is 1. The smallest absolute Gasteiger partial charge is 0.317 e. The molecule has 0 spiro atoms. The summed E-state index contributed by atoms with van der Waals surface area (Å²) in [7, 11) is 0. The number of rotatable bonds is 5. The van der Waals surface area contributed by atoms with Gasteiger partial charge in [-0.2, -0.15) is 0 Å². The summed E-state index contributed by atoms with van der Waals surface area (Å²) in [5.41, 5.74) is 0. The molecule has 1 atom stereocenters. The van der Waals surface area contributed by atoms with Gasteiger partial charge in [0.1, 0.15) is 0 Å². The van der Waals surface area contributed by atoms with Crippen LogP contribution in [0.3, 0.4) is 0 Å². The fourth-order valence-corrected chi connectivity index (χ4v) is 1.59. The molecule has 1 aliphatic heterocycles. The predicted molar refractivity (Wildman–Crippen MR) is 55.6 cm³/mol. The van der Waals surface area contributed by atoms with E-state index in [0.29, 0.717) is 19.0 Å². The third kappa shape index (κ3) is 3.77. The summed E-state index contributed by atoms with van der Waals surface area (Å²) in [4.78, 5) is 23.6. The Morgan fingerprint density at radius 1 is 1.67 bits per heavy atom. The van der Waals surface area contributed by atoms with Crippen LogP contribution < -0.4 is 5.32 Å². The van der Waals surface area contributed by atoms with Gasteiger partial charge in [-0.15, -0.1) is 0 Å². The van der Waals surface area contributed by atoms with Crippen LogP contribution in [0.1, 0.15) is 26.7 Å². The number of carboxylic acid groups (broad SMARTS) is 1. The molecule has 2 N–H and O–H groups in total. The van der Waals surface area contributed by atoms with Crippen LogP contribution in [0.4, 0.5) is 4.79 Å². The SMILES string of the molecule is CC(C)CCN1CC(CC(=O)O)NC1=O. The second kappa shape index (κ2) is 5.00. The summed E-state index contributed by atoms with van der Waals surface area (Å²) in [5.74, 6) is -0.317. The van der Waals surface area contributed by atoms with Gasteiger partial charge in [0.15, 0.2) is 0 Å². The second-order valence-corrected chi connectivity index (χ2v) is 4.37. The van der Waals surface area contributed by atoms with Gasteiger partial charge in [-0.3, -0.25) is 4.79 Å². The van der Waals surface area contributed by atoms with Gasteiger partial charge in [-0.05, 0) is 12.3 Å². The number of hydrogen-bond acceptors (Lipinski definition) is 2. The van der Waals surface area contributed by atoms with Crippen LogP contribution in [0, 0.1) is 5.92 Å². The molecule has 0 bridgehead atoms. The molecule has 0 saturated carbocycles. The third-order valence-corrected chi connectivity index (χ3v) is 2.45. The van der Waals surface area contributed by atoms with Gasteiger partial charge in [0.2, 0.25) is 0 Å². The first-order chi connectivity index (χ1) is 6.99. The van der Waals surface area contributed by atoms with Crippen LogP contribution >= 0.6 is 0 Å².